The van der Waals surface area contributed by atoms with Crippen LogP contribution in [-0.4, -0.2) is 78.4 Å². The number of anilines is 3. The largest absolute Gasteiger partial charge is 0.417 e. The van der Waals surface area contributed by atoms with E-state index in [1.165, 1.54) is 0 Å². The summed E-state index contributed by atoms with van der Waals surface area (Å²) in [5.41, 5.74) is -1.27. The second-order valence-electron chi connectivity index (χ2n) is 7.87. The molecule has 0 saturated carbocycles. The SMILES string of the molecule is CCCC(=O)Nc1cc(C(F)(F)F)c(-c2nc(N3CCOCC3)nc(N3CCOCC3)n2)cn1. The van der Waals surface area contributed by atoms with Crippen LogP contribution in [0.4, 0.5) is 30.9 Å². The van der Waals surface area contributed by atoms with Crippen molar-refractivity contribution in [2.75, 3.05) is 67.7 Å². The van der Waals surface area contributed by atoms with E-state index in [4.69, 9.17) is 9.47 Å². The van der Waals surface area contributed by atoms with Crippen LogP contribution >= 0.6 is 0 Å². The van der Waals surface area contributed by atoms with Gasteiger partial charge in [0.25, 0.3) is 0 Å². The summed E-state index contributed by atoms with van der Waals surface area (Å²) in [6, 6.07) is 0.815. The Kier molecular flexibility index (Phi) is 7.41. The van der Waals surface area contributed by atoms with E-state index in [1.54, 1.807) is 6.92 Å². The zero-order chi connectivity index (χ0) is 24.1. The van der Waals surface area contributed by atoms with Gasteiger partial charge >= 0.3 is 6.18 Å². The second-order valence-corrected chi connectivity index (χ2v) is 7.87. The van der Waals surface area contributed by atoms with Gasteiger partial charge in [-0.2, -0.15) is 28.1 Å². The first-order valence-electron chi connectivity index (χ1n) is 11.1. The lowest BCUT2D eigenvalue weighted by Gasteiger charge is -2.30. The lowest BCUT2D eigenvalue weighted by atomic mass is 10.1. The molecule has 1 amide bonds. The molecule has 0 aliphatic carbocycles. The van der Waals surface area contributed by atoms with Crippen molar-refractivity contribution >= 4 is 23.6 Å². The molecule has 2 fully saturated rings. The molecule has 13 heteroatoms. The van der Waals surface area contributed by atoms with E-state index >= 15 is 0 Å². The van der Waals surface area contributed by atoms with Crippen LogP contribution in [0.1, 0.15) is 25.3 Å². The highest BCUT2D eigenvalue weighted by Crippen LogP contribution is 2.37. The fraction of sp³-hybridized carbons (Fsp3) is 0.571. The minimum Gasteiger partial charge on any atom is -0.378 e. The minimum atomic E-state index is -4.71. The van der Waals surface area contributed by atoms with Gasteiger partial charge in [-0.1, -0.05) is 6.92 Å². The van der Waals surface area contributed by atoms with Crippen LogP contribution in [0.5, 0.6) is 0 Å². The first-order valence-corrected chi connectivity index (χ1v) is 11.1. The molecule has 0 spiro atoms. The number of hydrogen-bond donors (Lipinski definition) is 1. The van der Waals surface area contributed by atoms with Crippen molar-refractivity contribution in [3.8, 4) is 11.4 Å². The van der Waals surface area contributed by atoms with E-state index in [0.717, 1.165) is 12.3 Å². The monoisotopic (exact) mass is 481 g/mol. The Bertz CT molecular complexity index is 973. The van der Waals surface area contributed by atoms with Crippen LogP contribution in [-0.2, 0) is 20.4 Å². The fourth-order valence-corrected chi connectivity index (χ4v) is 3.65. The van der Waals surface area contributed by atoms with Crippen molar-refractivity contribution in [2.45, 2.75) is 25.9 Å². The Labute approximate surface area is 194 Å². The van der Waals surface area contributed by atoms with Gasteiger partial charge in [0.05, 0.1) is 37.6 Å². The fourth-order valence-electron chi connectivity index (χ4n) is 3.65. The molecule has 34 heavy (non-hydrogen) atoms. The quantitative estimate of drug-likeness (QED) is 0.666. The maximum Gasteiger partial charge on any atom is 0.417 e. The molecule has 4 rings (SSSR count). The Hall–Kier alpha value is -3.06. The summed E-state index contributed by atoms with van der Waals surface area (Å²) >= 11 is 0. The molecule has 2 aromatic rings. The molecule has 2 aromatic heterocycles. The average molecular weight is 481 g/mol. The molecule has 2 saturated heterocycles. The minimum absolute atomic E-state index is 0.135. The number of alkyl halides is 3. The molecule has 0 bridgehead atoms. The summed E-state index contributed by atoms with van der Waals surface area (Å²) in [4.78, 5) is 32.9. The highest BCUT2D eigenvalue weighted by Gasteiger charge is 2.36. The molecule has 4 heterocycles. The second kappa shape index (κ2) is 10.5. The van der Waals surface area contributed by atoms with Crippen molar-refractivity contribution in [2.24, 2.45) is 0 Å². The third-order valence-electron chi connectivity index (χ3n) is 5.39. The maximum atomic E-state index is 14.0. The number of rotatable bonds is 6. The molecule has 0 radical (unpaired) electrons. The highest BCUT2D eigenvalue weighted by atomic mass is 19.4. The maximum absolute atomic E-state index is 14.0. The summed E-state index contributed by atoms with van der Waals surface area (Å²) in [6.45, 7) is 5.72. The molecular weight excluding hydrogens is 455 g/mol. The van der Waals surface area contributed by atoms with Gasteiger partial charge in [-0.3, -0.25) is 4.79 Å². The molecule has 10 nitrogen and oxygen atoms in total. The topological polar surface area (TPSA) is 106 Å². The number of aromatic nitrogens is 4. The number of morpholine rings is 2. The number of nitrogens with zero attached hydrogens (tertiary/aromatic N) is 6. The van der Waals surface area contributed by atoms with Crippen LogP contribution < -0.4 is 15.1 Å². The van der Waals surface area contributed by atoms with Crippen molar-refractivity contribution in [1.29, 1.82) is 0 Å². The summed E-state index contributed by atoms with van der Waals surface area (Å²) in [5.74, 6) is -0.152. The summed E-state index contributed by atoms with van der Waals surface area (Å²) < 4.78 is 52.9. The Morgan fingerprint density at radius 1 is 1.00 bits per heavy atom. The number of carbonyl (C=O) groups excluding carboxylic acids is 1. The number of ether oxygens (including phenoxy) is 2. The van der Waals surface area contributed by atoms with E-state index in [9.17, 15) is 18.0 Å². The molecular formula is C21H26F3N7O3. The van der Waals surface area contributed by atoms with Gasteiger partial charge in [0.15, 0.2) is 5.82 Å². The predicted octanol–water partition coefficient (Wildman–Crippen LogP) is 2.36. The molecule has 1 N–H and O–H groups in total. The molecule has 2 aliphatic rings. The summed E-state index contributed by atoms with van der Waals surface area (Å²) in [6.07, 6.45) is -2.92. The van der Waals surface area contributed by atoms with Crippen LogP contribution in [0.15, 0.2) is 12.3 Å². The van der Waals surface area contributed by atoms with Crippen molar-refractivity contribution in [3.05, 3.63) is 17.8 Å². The molecule has 0 aromatic carbocycles. The van der Waals surface area contributed by atoms with Gasteiger partial charge in [-0.25, -0.2) is 4.98 Å². The molecule has 2 aliphatic heterocycles. The summed E-state index contributed by atoms with van der Waals surface area (Å²) in [5, 5.41) is 2.41. The van der Waals surface area contributed by atoms with Crippen molar-refractivity contribution in [3.63, 3.8) is 0 Å². The Morgan fingerprint density at radius 3 is 2.06 bits per heavy atom. The summed E-state index contributed by atoms with van der Waals surface area (Å²) in [7, 11) is 0. The number of amides is 1. The zero-order valence-electron chi connectivity index (χ0n) is 18.8. The van der Waals surface area contributed by atoms with Gasteiger partial charge in [0.2, 0.25) is 17.8 Å². The van der Waals surface area contributed by atoms with Gasteiger partial charge in [0, 0.05) is 38.8 Å². The van der Waals surface area contributed by atoms with Gasteiger partial charge < -0.3 is 24.6 Å². The normalized spacial score (nSPS) is 17.1. The van der Waals surface area contributed by atoms with E-state index in [0.29, 0.717) is 59.0 Å². The number of halogens is 3. The van der Waals surface area contributed by atoms with Crippen LogP contribution in [0.2, 0.25) is 0 Å². The lowest BCUT2D eigenvalue weighted by Crippen LogP contribution is -2.40. The zero-order valence-corrected chi connectivity index (χ0v) is 18.8. The first-order chi connectivity index (χ1) is 16.3. The van der Waals surface area contributed by atoms with Gasteiger partial charge in [-0.05, 0) is 12.5 Å². The number of hydrogen-bond acceptors (Lipinski definition) is 9. The molecule has 0 atom stereocenters. The smallest absolute Gasteiger partial charge is 0.378 e. The predicted molar refractivity (Wildman–Crippen MR) is 118 cm³/mol. The van der Waals surface area contributed by atoms with Crippen LogP contribution in [0.3, 0.4) is 0 Å². The van der Waals surface area contributed by atoms with E-state index in [2.05, 4.69) is 25.3 Å². The van der Waals surface area contributed by atoms with Crippen LogP contribution in [0.25, 0.3) is 11.4 Å². The van der Waals surface area contributed by atoms with Gasteiger partial charge in [0.1, 0.15) is 5.82 Å². The average Bonchev–Trinajstić information content (AvgIpc) is 2.84. The Morgan fingerprint density at radius 2 is 1.56 bits per heavy atom. The number of pyridine rings is 1. The van der Waals surface area contributed by atoms with E-state index in [1.807, 2.05) is 9.80 Å². The van der Waals surface area contributed by atoms with Crippen molar-refractivity contribution < 1.29 is 27.4 Å². The molecule has 0 unspecified atom stereocenters. The van der Waals surface area contributed by atoms with E-state index in [-0.39, 0.29) is 35.5 Å². The Balaban J connectivity index is 1.77. The number of carbonyl (C=O) groups is 1. The molecule has 184 valence electrons. The van der Waals surface area contributed by atoms with Crippen LogP contribution in [0, 0.1) is 0 Å². The van der Waals surface area contributed by atoms with Crippen molar-refractivity contribution in [1.82, 2.24) is 19.9 Å². The third-order valence-corrected chi connectivity index (χ3v) is 5.39. The highest BCUT2D eigenvalue weighted by molar-refractivity contribution is 5.90. The lowest BCUT2D eigenvalue weighted by molar-refractivity contribution is -0.137. The van der Waals surface area contributed by atoms with E-state index < -0.39 is 17.6 Å². The number of nitrogens with one attached hydrogen (secondary N) is 1. The standard InChI is InChI=1S/C21H26F3N7O3/c1-2-3-17(32)26-16-12-15(21(22,23)24)14(13-25-16)18-27-19(30-4-8-33-9-5-30)29-20(28-18)31-6-10-34-11-7-31/h12-13H,2-11H2,1H3,(H,25,26,32). The first kappa shape index (κ1) is 24.1. The van der Waals surface area contributed by atoms with Gasteiger partial charge in [-0.15, -0.1) is 0 Å². The third kappa shape index (κ3) is 5.70.